The van der Waals surface area contributed by atoms with E-state index in [1.54, 1.807) is 6.26 Å². The first-order valence-electron chi connectivity index (χ1n) is 9.27. The number of anilines is 3. The predicted molar refractivity (Wildman–Crippen MR) is 127 cm³/mol. The van der Waals surface area contributed by atoms with Crippen molar-refractivity contribution in [1.29, 1.82) is 0 Å². The van der Waals surface area contributed by atoms with Crippen LogP contribution in [0, 0.1) is 0 Å². The Morgan fingerprint density at radius 1 is 0.690 bits per heavy atom. The number of nitrogens with zero attached hydrogens (tertiary/aromatic N) is 1. The van der Waals surface area contributed by atoms with E-state index in [0.29, 0.717) is 0 Å². The van der Waals surface area contributed by atoms with Gasteiger partial charge in [0.25, 0.3) is 0 Å². The van der Waals surface area contributed by atoms with E-state index < -0.39 is 11.2 Å². The Bertz CT molecular complexity index is 1040. The molecule has 4 heteroatoms. The minimum Gasteiger partial charge on any atom is -0.612 e. The van der Waals surface area contributed by atoms with E-state index >= 15 is 0 Å². The molecule has 0 amide bonds. The van der Waals surface area contributed by atoms with Gasteiger partial charge in [-0.1, -0.05) is 64.5 Å². The molecule has 0 radical (unpaired) electrons. The second-order valence-corrected chi connectivity index (χ2v) is 8.91. The van der Waals surface area contributed by atoms with Crippen LogP contribution >= 0.6 is 15.9 Å². The van der Waals surface area contributed by atoms with Crippen molar-refractivity contribution in [2.75, 3.05) is 11.2 Å². The molecule has 2 nitrogen and oxygen atoms in total. The number of benzene rings is 4. The van der Waals surface area contributed by atoms with Crippen molar-refractivity contribution < 1.29 is 4.55 Å². The first-order valence-corrected chi connectivity index (χ1v) is 11.6. The summed E-state index contributed by atoms with van der Waals surface area (Å²) < 4.78 is 13.4. The average molecular weight is 462 g/mol. The van der Waals surface area contributed by atoms with Gasteiger partial charge in [-0.25, -0.2) is 0 Å². The van der Waals surface area contributed by atoms with Gasteiger partial charge in [-0.15, -0.1) is 0 Å². The zero-order valence-electron chi connectivity index (χ0n) is 16.0. The van der Waals surface area contributed by atoms with Crippen LogP contribution in [-0.4, -0.2) is 10.8 Å². The number of hydrogen-bond donors (Lipinski definition) is 0. The lowest BCUT2D eigenvalue weighted by atomic mass is 10.0. The van der Waals surface area contributed by atoms with Crippen LogP contribution in [-0.2, 0) is 11.2 Å². The van der Waals surface area contributed by atoms with Crippen LogP contribution in [0.25, 0.3) is 11.1 Å². The van der Waals surface area contributed by atoms with Gasteiger partial charge in [-0.3, -0.25) is 0 Å². The fourth-order valence-electron chi connectivity index (χ4n) is 3.36. The Hall–Kier alpha value is -2.53. The maximum Gasteiger partial charge on any atom is 0.160 e. The minimum atomic E-state index is -1.09. The van der Waals surface area contributed by atoms with E-state index in [4.69, 9.17) is 0 Å². The summed E-state index contributed by atoms with van der Waals surface area (Å²) in [6, 6.07) is 34.8. The van der Waals surface area contributed by atoms with Crippen LogP contribution in [0.1, 0.15) is 0 Å². The van der Waals surface area contributed by atoms with Crippen LogP contribution in [0.5, 0.6) is 0 Å². The second kappa shape index (κ2) is 8.87. The number of para-hydroxylation sites is 2. The van der Waals surface area contributed by atoms with Gasteiger partial charge in [-0.2, -0.15) is 0 Å². The molecule has 0 fully saturated rings. The normalized spacial score (nSPS) is 11.8. The zero-order chi connectivity index (χ0) is 20.2. The van der Waals surface area contributed by atoms with Gasteiger partial charge < -0.3 is 9.45 Å². The Kier molecular flexibility index (Phi) is 6.05. The quantitative estimate of drug-likeness (QED) is 0.291. The third-order valence-electron chi connectivity index (χ3n) is 4.72. The van der Waals surface area contributed by atoms with E-state index in [-0.39, 0.29) is 0 Å². The van der Waals surface area contributed by atoms with Gasteiger partial charge in [0.05, 0.1) is 0 Å². The minimum absolute atomic E-state index is 0.831. The summed E-state index contributed by atoms with van der Waals surface area (Å²) in [6.45, 7) is 0. The predicted octanol–water partition coefficient (Wildman–Crippen LogP) is 7.32. The summed E-state index contributed by atoms with van der Waals surface area (Å²) in [5.74, 6) is 0. The van der Waals surface area contributed by atoms with Crippen molar-refractivity contribution in [2.24, 2.45) is 0 Å². The molecule has 4 rings (SSSR count). The van der Waals surface area contributed by atoms with Crippen molar-refractivity contribution >= 4 is 44.2 Å². The summed E-state index contributed by atoms with van der Waals surface area (Å²) in [4.78, 5) is 3.04. The number of hydrogen-bond acceptors (Lipinski definition) is 2. The molecule has 0 aliphatic rings. The summed E-state index contributed by atoms with van der Waals surface area (Å²) in [7, 11) is 0. The molecule has 144 valence electrons. The molecule has 29 heavy (non-hydrogen) atoms. The van der Waals surface area contributed by atoms with E-state index in [1.807, 2.05) is 60.7 Å². The summed E-state index contributed by atoms with van der Waals surface area (Å²) in [5, 5.41) is 0. The molecule has 0 spiro atoms. The van der Waals surface area contributed by atoms with Gasteiger partial charge in [-0.05, 0) is 71.3 Å². The fourth-order valence-corrected chi connectivity index (χ4v) is 4.37. The molecule has 0 aliphatic carbocycles. The maximum absolute atomic E-state index is 12.4. The summed E-state index contributed by atoms with van der Waals surface area (Å²) in [6.07, 6.45) is 1.73. The highest BCUT2D eigenvalue weighted by Gasteiger charge is 2.18. The average Bonchev–Trinajstić information content (AvgIpc) is 2.76. The molecule has 0 N–H and O–H groups in total. The molecule has 0 bridgehead atoms. The van der Waals surface area contributed by atoms with E-state index in [1.165, 1.54) is 0 Å². The van der Waals surface area contributed by atoms with Crippen LogP contribution in [0.2, 0.25) is 0 Å². The zero-order valence-corrected chi connectivity index (χ0v) is 18.4. The molecule has 0 saturated heterocycles. The van der Waals surface area contributed by atoms with Gasteiger partial charge >= 0.3 is 0 Å². The third-order valence-corrected chi connectivity index (χ3v) is 6.22. The fraction of sp³-hybridized carbons (Fsp3) is 0.0400. The Labute approximate surface area is 183 Å². The molecule has 0 heterocycles. The van der Waals surface area contributed by atoms with Crippen LogP contribution in [0.3, 0.4) is 0 Å². The lowest BCUT2D eigenvalue weighted by Gasteiger charge is -2.26. The molecule has 0 saturated carbocycles. The highest BCUT2D eigenvalue weighted by molar-refractivity contribution is 9.10. The SMILES string of the molecule is C[S+]([O-])c1ccc(N(c2ccccc2)c2ccccc2)cc1-c1ccc(Br)cc1. The van der Waals surface area contributed by atoms with Gasteiger partial charge in [0.1, 0.15) is 6.26 Å². The van der Waals surface area contributed by atoms with Crippen molar-refractivity contribution in [2.45, 2.75) is 4.90 Å². The highest BCUT2D eigenvalue weighted by Crippen LogP contribution is 2.38. The Morgan fingerprint density at radius 3 is 1.76 bits per heavy atom. The van der Waals surface area contributed by atoms with Crippen molar-refractivity contribution in [3.05, 3.63) is 108 Å². The highest BCUT2D eigenvalue weighted by atomic mass is 79.9. The van der Waals surface area contributed by atoms with E-state index in [0.717, 1.165) is 37.6 Å². The lowest BCUT2D eigenvalue weighted by Crippen LogP contribution is -2.10. The van der Waals surface area contributed by atoms with Crippen molar-refractivity contribution in [3.8, 4) is 11.1 Å². The maximum atomic E-state index is 12.4. The molecular weight excluding hydrogens is 442 g/mol. The molecule has 1 atom stereocenters. The third kappa shape index (κ3) is 4.40. The van der Waals surface area contributed by atoms with E-state index in [2.05, 4.69) is 63.3 Å². The molecule has 0 aromatic heterocycles. The topological polar surface area (TPSA) is 26.3 Å². The van der Waals surface area contributed by atoms with E-state index in [9.17, 15) is 4.55 Å². The number of rotatable bonds is 5. The molecular formula is C25H20BrNOS. The molecule has 4 aromatic rings. The molecule has 0 aliphatic heterocycles. The Balaban J connectivity index is 1.90. The summed E-state index contributed by atoms with van der Waals surface area (Å²) >= 11 is 2.41. The van der Waals surface area contributed by atoms with Gasteiger partial charge in [0, 0.05) is 27.1 Å². The smallest absolute Gasteiger partial charge is 0.160 e. The Morgan fingerprint density at radius 2 is 1.24 bits per heavy atom. The second-order valence-electron chi connectivity index (χ2n) is 6.65. The van der Waals surface area contributed by atoms with Gasteiger partial charge in [0.15, 0.2) is 4.90 Å². The standard InChI is InChI=1S/C25H20BrNOS/c1-29(28)25-17-16-23(18-24(25)19-12-14-20(26)15-13-19)27(21-8-4-2-5-9-21)22-10-6-3-7-11-22/h2-18H,1H3. The van der Waals surface area contributed by atoms with Crippen molar-refractivity contribution in [3.63, 3.8) is 0 Å². The largest absolute Gasteiger partial charge is 0.612 e. The monoisotopic (exact) mass is 461 g/mol. The first-order chi connectivity index (χ1) is 14.1. The lowest BCUT2D eigenvalue weighted by molar-refractivity contribution is 0.601. The van der Waals surface area contributed by atoms with Crippen molar-refractivity contribution in [1.82, 2.24) is 0 Å². The number of halogens is 1. The summed E-state index contributed by atoms with van der Waals surface area (Å²) in [5.41, 5.74) is 5.19. The molecule has 1 unspecified atom stereocenters. The van der Waals surface area contributed by atoms with Crippen LogP contribution in [0.4, 0.5) is 17.1 Å². The van der Waals surface area contributed by atoms with Gasteiger partial charge in [0.2, 0.25) is 0 Å². The molecule has 4 aromatic carbocycles. The van der Waals surface area contributed by atoms with Crippen LogP contribution < -0.4 is 4.90 Å². The first kappa shape index (κ1) is 19.8. The van der Waals surface area contributed by atoms with Crippen LogP contribution in [0.15, 0.2) is 112 Å².